The second kappa shape index (κ2) is 4.59. The quantitative estimate of drug-likeness (QED) is 0.220. The molecule has 0 aliphatic carbocycles. The Balaban J connectivity index is 3.53. The SMILES string of the molecule is CON=CC(=O)OC#N. The Labute approximate surface area is 51.5 Å². The monoisotopic (exact) mass is 128 g/mol. The lowest BCUT2D eigenvalue weighted by Crippen LogP contribution is -2.00. The van der Waals surface area contributed by atoms with Crippen molar-refractivity contribution in [2.75, 3.05) is 7.11 Å². The van der Waals surface area contributed by atoms with E-state index in [2.05, 4.69) is 14.7 Å². The van der Waals surface area contributed by atoms with Gasteiger partial charge in [0, 0.05) is 0 Å². The molecule has 0 aromatic rings. The number of oxime groups is 1. The third kappa shape index (κ3) is 4.28. The highest BCUT2D eigenvalue weighted by Gasteiger charge is 1.93. The van der Waals surface area contributed by atoms with Crippen molar-refractivity contribution in [1.82, 2.24) is 0 Å². The highest BCUT2D eigenvalue weighted by molar-refractivity contribution is 6.23. The lowest BCUT2D eigenvalue weighted by atomic mass is 10.8. The van der Waals surface area contributed by atoms with Gasteiger partial charge >= 0.3 is 5.97 Å². The minimum Gasteiger partial charge on any atom is -0.399 e. The van der Waals surface area contributed by atoms with Crippen molar-refractivity contribution in [3.63, 3.8) is 0 Å². The lowest BCUT2D eigenvalue weighted by molar-refractivity contribution is -0.129. The first-order chi connectivity index (χ1) is 4.31. The topological polar surface area (TPSA) is 71.7 Å². The van der Waals surface area contributed by atoms with Gasteiger partial charge in [0.05, 0.1) is 0 Å². The van der Waals surface area contributed by atoms with E-state index in [1.165, 1.54) is 13.4 Å². The first-order valence-electron chi connectivity index (χ1n) is 1.97. The normalized spacial score (nSPS) is 8.44. The molecule has 0 aliphatic rings. The molecule has 0 aromatic carbocycles. The van der Waals surface area contributed by atoms with Crippen LogP contribution in [-0.2, 0) is 14.4 Å². The summed E-state index contributed by atoms with van der Waals surface area (Å²) in [6.07, 6.45) is 1.93. The van der Waals surface area contributed by atoms with Gasteiger partial charge in [-0.05, 0) is 0 Å². The number of carbonyl (C=O) groups excluding carboxylic acids is 1. The van der Waals surface area contributed by atoms with E-state index in [9.17, 15) is 4.79 Å². The Morgan fingerprint density at radius 3 is 3.00 bits per heavy atom. The Morgan fingerprint density at radius 2 is 2.56 bits per heavy atom. The highest BCUT2D eigenvalue weighted by atomic mass is 16.6. The number of ether oxygens (including phenoxy) is 1. The van der Waals surface area contributed by atoms with Gasteiger partial charge in [0.2, 0.25) is 0 Å². The van der Waals surface area contributed by atoms with Gasteiger partial charge in [0.15, 0.2) is 6.21 Å². The van der Waals surface area contributed by atoms with Crippen LogP contribution in [-0.4, -0.2) is 19.3 Å². The molecule has 0 heterocycles. The van der Waals surface area contributed by atoms with E-state index in [1.54, 1.807) is 0 Å². The Bertz CT molecular complexity index is 158. The molecule has 0 spiro atoms. The Morgan fingerprint density at radius 1 is 1.89 bits per heavy atom. The van der Waals surface area contributed by atoms with E-state index in [0.717, 1.165) is 6.21 Å². The summed E-state index contributed by atoms with van der Waals surface area (Å²) in [4.78, 5) is 14.2. The van der Waals surface area contributed by atoms with Gasteiger partial charge in [-0.15, -0.1) is 5.26 Å². The summed E-state index contributed by atoms with van der Waals surface area (Å²) in [5, 5.41) is 10.8. The molecule has 5 nitrogen and oxygen atoms in total. The number of esters is 1. The second-order valence-corrected chi connectivity index (χ2v) is 0.929. The van der Waals surface area contributed by atoms with E-state index < -0.39 is 5.97 Å². The maximum Gasteiger partial charge on any atom is 0.368 e. The maximum atomic E-state index is 10.1. The third-order valence-electron chi connectivity index (χ3n) is 0.410. The molecular weight excluding hydrogens is 124 g/mol. The molecule has 0 radical (unpaired) electrons. The van der Waals surface area contributed by atoms with E-state index in [-0.39, 0.29) is 0 Å². The van der Waals surface area contributed by atoms with Crippen molar-refractivity contribution in [3.8, 4) is 6.26 Å². The minimum absolute atomic E-state index is 0.753. The zero-order valence-corrected chi connectivity index (χ0v) is 4.70. The molecular formula is C4H4N2O3. The van der Waals surface area contributed by atoms with Gasteiger partial charge in [0.25, 0.3) is 6.26 Å². The van der Waals surface area contributed by atoms with Crippen molar-refractivity contribution < 1.29 is 14.4 Å². The van der Waals surface area contributed by atoms with Crippen molar-refractivity contribution in [2.24, 2.45) is 5.16 Å². The van der Waals surface area contributed by atoms with Crippen molar-refractivity contribution in [1.29, 1.82) is 5.26 Å². The number of nitriles is 1. The molecule has 0 unspecified atom stereocenters. The fraction of sp³-hybridized carbons (Fsp3) is 0.250. The molecule has 0 saturated heterocycles. The third-order valence-corrected chi connectivity index (χ3v) is 0.410. The molecule has 0 N–H and O–H groups in total. The van der Waals surface area contributed by atoms with Crippen LogP contribution in [0.2, 0.25) is 0 Å². The molecule has 0 saturated carbocycles. The van der Waals surface area contributed by atoms with Crippen LogP contribution in [0.1, 0.15) is 0 Å². The smallest absolute Gasteiger partial charge is 0.368 e. The molecule has 0 amide bonds. The van der Waals surface area contributed by atoms with Crippen LogP contribution in [0.3, 0.4) is 0 Å². The van der Waals surface area contributed by atoms with E-state index in [1.807, 2.05) is 0 Å². The first-order valence-corrected chi connectivity index (χ1v) is 1.97. The number of nitrogens with zero attached hydrogens (tertiary/aromatic N) is 2. The summed E-state index contributed by atoms with van der Waals surface area (Å²) in [5.41, 5.74) is 0. The Hall–Kier alpha value is -1.57. The van der Waals surface area contributed by atoms with Gasteiger partial charge < -0.3 is 9.57 Å². The van der Waals surface area contributed by atoms with Crippen molar-refractivity contribution >= 4 is 12.2 Å². The van der Waals surface area contributed by atoms with Gasteiger partial charge in [-0.25, -0.2) is 4.79 Å². The molecule has 0 bridgehead atoms. The van der Waals surface area contributed by atoms with Crippen LogP contribution in [0.4, 0.5) is 0 Å². The van der Waals surface area contributed by atoms with Crippen molar-refractivity contribution in [2.45, 2.75) is 0 Å². The van der Waals surface area contributed by atoms with Crippen LogP contribution >= 0.6 is 0 Å². The standard InChI is InChI=1S/C4H4N2O3/c1-8-6-2-4(7)9-3-5/h2H,1H3. The molecule has 0 rings (SSSR count). The highest BCUT2D eigenvalue weighted by Crippen LogP contribution is 1.70. The minimum atomic E-state index is -0.848. The molecule has 0 atom stereocenters. The average molecular weight is 128 g/mol. The lowest BCUT2D eigenvalue weighted by Gasteiger charge is -1.83. The first kappa shape index (κ1) is 7.43. The van der Waals surface area contributed by atoms with Crippen LogP contribution in [0.15, 0.2) is 5.16 Å². The van der Waals surface area contributed by atoms with Crippen LogP contribution in [0, 0.1) is 11.5 Å². The zero-order valence-electron chi connectivity index (χ0n) is 4.70. The summed E-state index contributed by atoms with van der Waals surface area (Å²) < 4.78 is 3.78. The second-order valence-electron chi connectivity index (χ2n) is 0.929. The predicted molar refractivity (Wildman–Crippen MR) is 27.2 cm³/mol. The summed E-state index contributed by atoms with van der Waals surface area (Å²) in [6, 6.07) is 0. The van der Waals surface area contributed by atoms with Crippen LogP contribution in [0.5, 0.6) is 0 Å². The summed E-state index contributed by atoms with van der Waals surface area (Å²) in [7, 11) is 1.27. The number of rotatable bonds is 2. The van der Waals surface area contributed by atoms with Gasteiger partial charge in [0.1, 0.15) is 7.11 Å². The molecule has 0 fully saturated rings. The zero-order chi connectivity index (χ0) is 7.11. The predicted octanol–water partition coefficient (Wildman–Crippen LogP) is -0.357. The van der Waals surface area contributed by atoms with E-state index in [0.29, 0.717) is 0 Å². The summed E-state index contributed by atoms with van der Waals surface area (Å²) in [6.45, 7) is 0. The summed E-state index contributed by atoms with van der Waals surface area (Å²) >= 11 is 0. The number of hydrogen-bond donors (Lipinski definition) is 0. The largest absolute Gasteiger partial charge is 0.399 e. The molecule has 9 heavy (non-hydrogen) atoms. The van der Waals surface area contributed by atoms with Crippen molar-refractivity contribution in [3.05, 3.63) is 0 Å². The molecule has 48 valence electrons. The fourth-order valence-electron chi connectivity index (χ4n) is 0.167. The van der Waals surface area contributed by atoms with E-state index in [4.69, 9.17) is 5.26 Å². The Kier molecular flexibility index (Phi) is 3.79. The van der Waals surface area contributed by atoms with E-state index >= 15 is 0 Å². The van der Waals surface area contributed by atoms with Gasteiger partial charge in [-0.1, -0.05) is 5.16 Å². The van der Waals surface area contributed by atoms with Gasteiger partial charge in [-0.2, -0.15) is 0 Å². The molecule has 5 heteroatoms. The van der Waals surface area contributed by atoms with Crippen LogP contribution < -0.4 is 0 Å². The average Bonchev–Trinajstić information content (AvgIpc) is 1.85. The number of carbonyl (C=O) groups is 1. The van der Waals surface area contributed by atoms with Crippen LogP contribution in [0.25, 0.3) is 0 Å². The molecule has 0 aliphatic heterocycles. The van der Waals surface area contributed by atoms with Gasteiger partial charge in [-0.3, -0.25) is 0 Å². The fourth-order valence-corrected chi connectivity index (χ4v) is 0.167. The maximum absolute atomic E-state index is 10.1. The summed E-state index contributed by atoms with van der Waals surface area (Å²) in [5.74, 6) is -0.848. The molecule has 0 aromatic heterocycles. The number of hydrogen-bond acceptors (Lipinski definition) is 5.